The SMILES string of the molecule is COc1ccccc1OCC(C)NC(=O)/C(=C/c1cccs1)NC(=O)c1ccccc1. The van der Waals surface area contributed by atoms with Crippen LogP contribution in [-0.2, 0) is 4.79 Å². The van der Waals surface area contributed by atoms with Crippen LogP contribution in [-0.4, -0.2) is 31.6 Å². The lowest BCUT2D eigenvalue weighted by Gasteiger charge is -2.18. The maximum Gasteiger partial charge on any atom is 0.268 e. The second-order valence-corrected chi connectivity index (χ2v) is 7.71. The van der Waals surface area contributed by atoms with Crippen LogP contribution in [0.4, 0.5) is 0 Å². The third-order valence-electron chi connectivity index (χ3n) is 4.29. The fourth-order valence-electron chi connectivity index (χ4n) is 2.75. The van der Waals surface area contributed by atoms with Crippen LogP contribution < -0.4 is 20.1 Å². The molecule has 1 aromatic heterocycles. The number of ether oxygens (including phenoxy) is 2. The Hall–Kier alpha value is -3.58. The molecule has 1 heterocycles. The molecule has 1 atom stereocenters. The van der Waals surface area contributed by atoms with Gasteiger partial charge < -0.3 is 20.1 Å². The van der Waals surface area contributed by atoms with Crippen molar-refractivity contribution >= 4 is 29.2 Å². The van der Waals surface area contributed by atoms with E-state index in [-0.39, 0.29) is 24.3 Å². The van der Waals surface area contributed by atoms with E-state index < -0.39 is 5.91 Å². The number of amides is 2. The summed E-state index contributed by atoms with van der Waals surface area (Å²) in [6.45, 7) is 2.07. The summed E-state index contributed by atoms with van der Waals surface area (Å²) in [6, 6.07) is 19.5. The molecule has 6 nitrogen and oxygen atoms in total. The molecule has 0 aliphatic rings. The van der Waals surface area contributed by atoms with Crippen molar-refractivity contribution in [3.63, 3.8) is 0 Å². The van der Waals surface area contributed by atoms with Crippen LogP contribution in [0.1, 0.15) is 22.2 Å². The van der Waals surface area contributed by atoms with E-state index in [0.29, 0.717) is 17.1 Å². The Kier molecular flexibility index (Phi) is 7.84. The zero-order chi connectivity index (χ0) is 22.1. The average molecular weight is 437 g/mol. The number of rotatable bonds is 9. The molecule has 0 saturated heterocycles. The Labute approximate surface area is 185 Å². The molecule has 0 fully saturated rings. The van der Waals surface area contributed by atoms with E-state index in [2.05, 4.69) is 10.6 Å². The van der Waals surface area contributed by atoms with Crippen molar-refractivity contribution in [2.24, 2.45) is 0 Å². The summed E-state index contributed by atoms with van der Waals surface area (Å²) in [4.78, 5) is 26.4. The van der Waals surface area contributed by atoms with Crippen LogP contribution in [0.2, 0.25) is 0 Å². The van der Waals surface area contributed by atoms with Gasteiger partial charge in [0.25, 0.3) is 11.8 Å². The van der Waals surface area contributed by atoms with Gasteiger partial charge in [0.15, 0.2) is 11.5 Å². The van der Waals surface area contributed by atoms with E-state index in [4.69, 9.17) is 9.47 Å². The fraction of sp³-hybridized carbons (Fsp3) is 0.167. The van der Waals surface area contributed by atoms with Gasteiger partial charge in [-0.25, -0.2) is 0 Å². The number of carbonyl (C=O) groups is 2. The van der Waals surface area contributed by atoms with E-state index in [0.717, 1.165) is 4.88 Å². The van der Waals surface area contributed by atoms with Crippen LogP contribution in [0.25, 0.3) is 6.08 Å². The monoisotopic (exact) mass is 436 g/mol. The molecule has 0 saturated carbocycles. The predicted molar refractivity (Wildman–Crippen MR) is 122 cm³/mol. The van der Waals surface area contributed by atoms with Gasteiger partial charge in [-0.15, -0.1) is 11.3 Å². The number of nitrogens with one attached hydrogen (secondary N) is 2. The highest BCUT2D eigenvalue weighted by Crippen LogP contribution is 2.25. The molecule has 2 amide bonds. The molecular formula is C24H24N2O4S. The minimum absolute atomic E-state index is 0.167. The standard InChI is InChI=1S/C24H24N2O4S/c1-17(16-30-22-13-7-6-12-21(22)29-2)25-24(28)20(15-19-11-8-14-31-19)26-23(27)18-9-4-3-5-10-18/h3-15,17H,16H2,1-2H3,(H,25,28)(H,26,27)/b20-15-. The Morgan fingerprint density at radius 3 is 2.39 bits per heavy atom. The molecule has 7 heteroatoms. The second kappa shape index (κ2) is 11.0. The lowest BCUT2D eigenvalue weighted by Crippen LogP contribution is -2.41. The summed E-state index contributed by atoms with van der Waals surface area (Å²) in [6.07, 6.45) is 1.66. The maximum absolute atomic E-state index is 12.9. The maximum atomic E-state index is 12.9. The van der Waals surface area contributed by atoms with E-state index in [9.17, 15) is 9.59 Å². The van der Waals surface area contributed by atoms with Crippen LogP contribution in [0, 0.1) is 0 Å². The Morgan fingerprint density at radius 2 is 1.71 bits per heavy atom. The van der Waals surface area contributed by atoms with E-state index in [1.165, 1.54) is 11.3 Å². The highest BCUT2D eigenvalue weighted by molar-refractivity contribution is 7.10. The summed E-state index contributed by atoms with van der Waals surface area (Å²) in [5.41, 5.74) is 0.639. The zero-order valence-corrected chi connectivity index (χ0v) is 18.1. The first-order valence-electron chi connectivity index (χ1n) is 9.75. The lowest BCUT2D eigenvalue weighted by atomic mass is 10.2. The molecular weight excluding hydrogens is 412 g/mol. The molecule has 0 spiro atoms. The molecule has 0 radical (unpaired) electrons. The molecule has 31 heavy (non-hydrogen) atoms. The van der Waals surface area contributed by atoms with Crippen molar-refractivity contribution in [1.82, 2.24) is 10.6 Å². The predicted octanol–water partition coefficient (Wildman–Crippen LogP) is 4.11. The summed E-state index contributed by atoms with van der Waals surface area (Å²) < 4.78 is 11.1. The van der Waals surface area contributed by atoms with Crippen molar-refractivity contribution in [2.45, 2.75) is 13.0 Å². The Morgan fingerprint density at radius 1 is 1.00 bits per heavy atom. The smallest absolute Gasteiger partial charge is 0.268 e. The van der Waals surface area contributed by atoms with Gasteiger partial charge in [0.05, 0.1) is 13.2 Å². The van der Waals surface area contributed by atoms with Crippen molar-refractivity contribution in [3.05, 3.63) is 88.2 Å². The van der Waals surface area contributed by atoms with Crippen LogP contribution in [0.3, 0.4) is 0 Å². The number of carbonyl (C=O) groups excluding carboxylic acids is 2. The molecule has 3 aromatic rings. The number of methoxy groups -OCH3 is 1. The van der Waals surface area contributed by atoms with E-state index in [1.54, 1.807) is 49.6 Å². The number of hydrogen-bond acceptors (Lipinski definition) is 5. The first kappa shape index (κ1) is 22.1. The van der Waals surface area contributed by atoms with Crippen molar-refractivity contribution in [1.29, 1.82) is 0 Å². The van der Waals surface area contributed by atoms with Gasteiger partial charge in [-0.1, -0.05) is 36.4 Å². The minimum Gasteiger partial charge on any atom is -0.493 e. The molecule has 160 valence electrons. The van der Waals surface area contributed by atoms with Gasteiger partial charge in [-0.2, -0.15) is 0 Å². The van der Waals surface area contributed by atoms with Gasteiger partial charge in [0, 0.05) is 10.4 Å². The first-order valence-corrected chi connectivity index (χ1v) is 10.6. The third-order valence-corrected chi connectivity index (χ3v) is 5.11. The number of benzene rings is 2. The highest BCUT2D eigenvalue weighted by atomic mass is 32.1. The van der Waals surface area contributed by atoms with Crippen LogP contribution in [0.15, 0.2) is 77.8 Å². The molecule has 1 unspecified atom stereocenters. The third kappa shape index (κ3) is 6.45. The zero-order valence-electron chi connectivity index (χ0n) is 17.3. The first-order chi connectivity index (χ1) is 15.1. The quantitative estimate of drug-likeness (QED) is 0.495. The van der Waals surface area contributed by atoms with Gasteiger partial charge in [-0.3, -0.25) is 9.59 Å². The fourth-order valence-corrected chi connectivity index (χ4v) is 3.41. The Bertz CT molecular complexity index is 1030. The number of thiophene rings is 1. The summed E-state index contributed by atoms with van der Waals surface area (Å²) in [7, 11) is 1.57. The van der Waals surface area contributed by atoms with Gasteiger partial charge in [0.1, 0.15) is 12.3 Å². The summed E-state index contributed by atoms with van der Waals surface area (Å²) in [5, 5.41) is 7.51. The largest absolute Gasteiger partial charge is 0.493 e. The van der Waals surface area contributed by atoms with Crippen molar-refractivity contribution < 1.29 is 19.1 Å². The number of hydrogen-bond donors (Lipinski definition) is 2. The summed E-state index contributed by atoms with van der Waals surface area (Å²) >= 11 is 1.48. The lowest BCUT2D eigenvalue weighted by molar-refractivity contribution is -0.118. The van der Waals surface area contributed by atoms with Crippen LogP contribution >= 0.6 is 11.3 Å². The van der Waals surface area contributed by atoms with Gasteiger partial charge in [0.2, 0.25) is 0 Å². The van der Waals surface area contributed by atoms with Gasteiger partial charge >= 0.3 is 0 Å². The van der Waals surface area contributed by atoms with Crippen molar-refractivity contribution in [2.75, 3.05) is 13.7 Å². The molecule has 0 aliphatic heterocycles. The van der Waals surface area contributed by atoms with E-state index in [1.807, 2.05) is 42.6 Å². The molecule has 0 bridgehead atoms. The van der Waals surface area contributed by atoms with Crippen molar-refractivity contribution in [3.8, 4) is 11.5 Å². The molecule has 3 rings (SSSR count). The van der Waals surface area contributed by atoms with E-state index >= 15 is 0 Å². The molecule has 2 aromatic carbocycles. The average Bonchev–Trinajstić information content (AvgIpc) is 3.31. The molecule has 2 N–H and O–H groups in total. The summed E-state index contributed by atoms with van der Waals surface area (Å²) in [5.74, 6) is 0.470. The molecule has 0 aliphatic carbocycles. The normalized spacial score (nSPS) is 12.0. The highest BCUT2D eigenvalue weighted by Gasteiger charge is 2.17. The topological polar surface area (TPSA) is 76.7 Å². The van der Waals surface area contributed by atoms with Gasteiger partial charge in [-0.05, 0) is 48.7 Å². The van der Waals surface area contributed by atoms with Crippen LogP contribution in [0.5, 0.6) is 11.5 Å². The minimum atomic E-state index is -0.395. The second-order valence-electron chi connectivity index (χ2n) is 6.73. The Balaban J connectivity index is 1.67. The number of para-hydroxylation sites is 2.